The van der Waals surface area contributed by atoms with E-state index in [4.69, 9.17) is 9.26 Å². The Labute approximate surface area is 211 Å². The summed E-state index contributed by atoms with van der Waals surface area (Å²) in [5, 5.41) is 20.5. The summed E-state index contributed by atoms with van der Waals surface area (Å²) in [6.45, 7) is 2.49. The van der Waals surface area contributed by atoms with Crippen molar-refractivity contribution in [1.82, 2.24) is 15.8 Å². The normalized spacial score (nSPS) is 17.9. The van der Waals surface area contributed by atoms with E-state index in [-0.39, 0.29) is 5.91 Å². The van der Waals surface area contributed by atoms with E-state index < -0.39 is 5.54 Å². The van der Waals surface area contributed by atoms with Gasteiger partial charge in [0.05, 0.1) is 6.07 Å². The Bertz CT molecular complexity index is 1220. The van der Waals surface area contributed by atoms with E-state index in [2.05, 4.69) is 34.0 Å². The SMILES string of the molecule is N#CC1(NC(=O)c2cccc(-c3cc(-c4ccc(CNC5CCOCC5)cc4)on3)c2)CCCCC1. The third-order valence-corrected chi connectivity index (χ3v) is 7.26. The molecule has 7 heteroatoms. The van der Waals surface area contributed by atoms with Crippen LogP contribution in [0, 0.1) is 11.3 Å². The number of amides is 1. The van der Waals surface area contributed by atoms with Gasteiger partial charge in [0, 0.05) is 48.6 Å². The van der Waals surface area contributed by atoms with Crippen molar-refractivity contribution < 1.29 is 14.1 Å². The molecule has 0 spiro atoms. The Morgan fingerprint density at radius 2 is 1.81 bits per heavy atom. The van der Waals surface area contributed by atoms with Gasteiger partial charge >= 0.3 is 0 Å². The second-order valence-electron chi connectivity index (χ2n) is 9.83. The number of carbonyl (C=O) groups is 1. The van der Waals surface area contributed by atoms with Crippen LogP contribution < -0.4 is 10.6 Å². The fourth-order valence-corrected chi connectivity index (χ4v) is 5.03. The van der Waals surface area contributed by atoms with Crippen LogP contribution in [0.4, 0.5) is 0 Å². The highest BCUT2D eigenvalue weighted by Crippen LogP contribution is 2.29. The van der Waals surface area contributed by atoms with Crippen molar-refractivity contribution in [1.29, 1.82) is 5.26 Å². The first-order valence-corrected chi connectivity index (χ1v) is 12.9. The Balaban J connectivity index is 1.24. The van der Waals surface area contributed by atoms with E-state index >= 15 is 0 Å². The molecule has 1 amide bonds. The van der Waals surface area contributed by atoms with Gasteiger partial charge in [0.1, 0.15) is 11.2 Å². The van der Waals surface area contributed by atoms with Gasteiger partial charge in [-0.1, -0.05) is 60.8 Å². The van der Waals surface area contributed by atoms with Gasteiger partial charge in [-0.15, -0.1) is 0 Å². The second-order valence-corrected chi connectivity index (χ2v) is 9.83. The number of hydrogen-bond acceptors (Lipinski definition) is 6. The minimum absolute atomic E-state index is 0.228. The van der Waals surface area contributed by atoms with Gasteiger partial charge in [-0.25, -0.2) is 0 Å². The number of hydrogen-bond donors (Lipinski definition) is 2. The molecule has 1 aromatic heterocycles. The molecule has 2 heterocycles. The topological polar surface area (TPSA) is 100 Å². The summed E-state index contributed by atoms with van der Waals surface area (Å²) in [5.74, 6) is 0.448. The zero-order chi connectivity index (χ0) is 24.8. The Morgan fingerprint density at radius 3 is 2.56 bits per heavy atom. The summed E-state index contributed by atoms with van der Waals surface area (Å²) in [6, 6.07) is 20.3. The maximum absolute atomic E-state index is 13.0. The molecular weight excluding hydrogens is 452 g/mol. The van der Waals surface area contributed by atoms with E-state index in [1.54, 1.807) is 12.1 Å². The van der Waals surface area contributed by atoms with Crippen molar-refractivity contribution >= 4 is 5.91 Å². The van der Waals surface area contributed by atoms with Gasteiger partial charge in [-0.3, -0.25) is 4.79 Å². The van der Waals surface area contributed by atoms with Crippen molar-refractivity contribution in [3.05, 3.63) is 65.7 Å². The average molecular weight is 485 g/mol. The lowest BCUT2D eigenvalue weighted by atomic mass is 9.82. The molecule has 2 aromatic carbocycles. The molecule has 7 nitrogen and oxygen atoms in total. The number of nitrogens with one attached hydrogen (secondary N) is 2. The van der Waals surface area contributed by atoms with Crippen LogP contribution in [0.5, 0.6) is 0 Å². The number of carbonyl (C=O) groups excluding carboxylic acids is 1. The summed E-state index contributed by atoms with van der Waals surface area (Å²) in [6.07, 6.45) is 6.55. The zero-order valence-corrected chi connectivity index (χ0v) is 20.5. The average Bonchev–Trinajstić information content (AvgIpc) is 3.44. The second kappa shape index (κ2) is 11.1. The first kappa shape index (κ1) is 24.2. The van der Waals surface area contributed by atoms with Crippen molar-refractivity contribution in [2.45, 2.75) is 63.1 Å². The number of ether oxygens (including phenoxy) is 1. The van der Waals surface area contributed by atoms with Crippen molar-refractivity contribution in [3.63, 3.8) is 0 Å². The van der Waals surface area contributed by atoms with E-state index in [1.807, 2.05) is 30.3 Å². The summed E-state index contributed by atoms with van der Waals surface area (Å²) < 4.78 is 11.1. The predicted molar refractivity (Wildman–Crippen MR) is 137 cm³/mol. The Morgan fingerprint density at radius 1 is 1.03 bits per heavy atom. The first-order chi connectivity index (χ1) is 17.6. The smallest absolute Gasteiger partial charge is 0.252 e. The predicted octanol–water partition coefficient (Wildman–Crippen LogP) is 5.23. The quantitative estimate of drug-likeness (QED) is 0.476. The number of rotatable bonds is 7. The van der Waals surface area contributed by atoms with Crippen molar-refractivity contribution in [2.75, 3.05) is 13.2 Å². The summed E-state index contributed by atoms with van der Waals surface area (Å²) >= 11 is 0. The van der Waals surface area contributed by atoms with Crippen molar-refractivity contribution in [2.24, 2.45) is 0 Å². The van der Waals surface area contributed by atoms with Crippen LogP contribution in [-0.2, 0) is 11.3 Å². The molecule has 1 saturated heterocycles. The highest BCUT2D eigenvalue weighted by Gasteiger charge is 2.33. The van der Waals surface area contributed by atoms with Gasteiger partial charge < -0.3 is 19.9 Å². The molecule has 1 saturated carbocycles. The van der Waals surface area contributed by atoms with Gasteiger partial charge in [0.25, 0.3) is 5.91 Å². The largest absolute Gasteiger partial charge is 0.381 e. The van der Waals surface area contributed by atoms with Gasteiger partial charge in [0.2, 0.25) is 0 Å². The van der Waals surface area contributed by atoms with Crippen LogP contribution in [-0.4, -0.2) is 35.9 Å². The molecule has 2 aliphatic rings. The molecule has 186 valence electrons. The Hall–Kier alpha value is -3.47. The van der Waals surface area contributed by atoms with E-state index in [1.165, 1.54) is 5.56 Å². The number of nitrogens with zero attached hydrogens (tertiary/aromatic N) is 2. The molecule has 2 N–H and O–H groups in total. The fourth-order valence-electron chi connectivity index (χ4n) is 5.03. The van der Waals surface area contributed by atoms with E-state index in [0.29, 0.717) is 35.9 Å². The molecule has 1 aliphatic heterocycles. The zero-order valence-electron chi connectivity index (χ0n) is 20.5. The highest BCUT2D eigenvalue weighted by atomic mass is 16.5. The molecule has 0 unspecified atom stereocenters. The van der Waals surface area contributed by atoms with Crippen LogP contribution >= 0.6 is 0 Å². The molecule has 0 bridgehead atoms. The highest BCUT2D eigenvalue weighted by molar-refractivity contribution is 5.96. The molecule has 5 rings (SSSR count). The summed E-state index contributed by atoms with van der Waals surface area (Å²) in [7, 11) is 0. The number of benzene rings is 2. The molecule has 2 fully saturated rings. The standard InChI is InChI=1S/C29H32N4O3/c30-20-29(13-2-1-3-14-29)32-28(34)24-6-4-5-23(17-24)26-18-27(36-33-26)22-9-7-21(8-10-22)19-31-25-11-15-35-16-12-25/h4-10,17-18,25,31H,1-3,11-16,19H2,(H,32,34). The minimum Gasteiger partial charge on any atom is -0.381 e. The molecule has 0 atom stereocenters. The van der Waals surface area contributed by atoms with Gasteiger partial charge in [0.15, 0.2) is 5.76 Å². The Kier molecular flexibility index (Phi) is 7.45. The number of aromatic nitrogens is 1. The third kappa shape index (κ3) is 5.67. The van der Waals surface area contributed by atoms with Crippen LogP contribution in [0.2, 0.25) is 0 Å². The van der Waals surface area contributed by atoms with Crippen LogP contribution in [0.15, 0.2) is 59.1 Å². The van der Waals surface area contributed by atoms with E-state index in [9.17, 15) is 10.1 Å². The lowest BCUT2D eigenvalue weighted by molar-refractivity contribution is 0.0776. The third-order valence-electron chi connectivity index (χ3n) is 7.26. The maximum Gasteiger partial charge on any atom is 0.252 e. The van der Waals surface area contributed by atoms with Crippen LogP contribution in [0.3, 0.4) is 0 Å². The molecule has 0 radical (unpaired) electrons. The lowest BCUT2D eigenvalue weighted by Crippen LogP contribution is -2.48. The summed E-state index contributed by atoms with van der Waals surface area (Å²) in [4.78, 5) is 13.0. The van der Waals surface area contributed by atoms with Crippen molar-refractivity contribution in [3.8, 4) is 28.7 Å². The monoisotopic (exact) mass is 484 g/mol. The van der Waals surface area contributed by atoms with Crippen LogP contribution in [0.25, 0.3) is 22.6 Å². The van der Waals surface area contributed by atoms with Gasteiger partial charge in [-0.2, -0.15) is 5.26 Å². The first-order valence-electron chi connectivity index (χ1n) is 12.9. The molecule has 36 heavy (non-hydrogen) atoms. The number of nitriles is 1. The van der Waals surface area contributed by atoms with Crippen LogP contribution in [0.1, 0.15) is 60.9 Å². The summed E-state index contributed by atoms with van der Waals surface area (Å²) in [5.41, 5.74) is 3.38. The molecular formula is C29H32N4O3. The van der Waals surface area contributed by atoms with E-state index in [0.717, 1.165) is 63.0 Å². The van der Waals surface area contributed by atoms with Gasteiger partial charge in [-0.05, 0) is 43.4 Å². The molecule has 1 aliphatic carbocycles. The maximum atomic E-state index is 13.0. The lowest BCUT2D eigenvalue weighted by Gasteiger charge is -2.31. The fraction of sp³-hybridized carbons (Fsp3) is 0.414. The molecule has 3 aromatic rings. The minimum atomic E-state index is -0.765.